The van der Waals surface area contributed by atoms with Crippen molar-refractivity contribution in [2.24, 2.45) is 10.7 Å². The lowest BCUT2D eigenvalue weighted by Gasteiger charge is -2.11. The van der Waals surface area contributed by atoms with E-state index in [1.807, 2.05) is 19.1 Å². The van der Waals surface area contributed by atoms with Crippen molar-refractivity contribution in [3.8, 4) is 11.5 Å². The van der Waals surface area contributed by atoms with E-state index in [1.165, 1.54) is 0 Å². The Morgan fingerprint density at radius 1 is 1.25 bits per heavy atom. The Labute approximate surface area is 160 Å². The number of hydrogen-bond donors (Lipinski definition) is 3. The van der Waals surface area contributed by atoms with Gasteiger partial charge >= 0.3 is 0 Å². The molecule has 0 atom stereocenters. The van der Waals surface area contributed by atoms with Crippen LogP contribution in [-0.2, 0) is 11.3 Å². The Morgan fingerprint density at radius 2 is 2.00 bits per heavy atom. The Morgan fingerprint density at radius 3 is 2.62 bits per heavy atom. The molecule has 0 aliphatic rings. The molecule has 1 amide bonds. The molecule has 0 bridgehead atoms. The minimum Gasteiger partial charge on any atom is -0.493 e. The van der Waals surface area contributed by atoms with Crippen LogP contribution in [0.3, 0.4) is 0 Å². The zero-order valence-electron chi connectivity index (χ0n) is 14.4. The maximum Gasteiger partial charge on any atom is 0.257 e. The monoisotopic (exact) mass is 450 g/mol. The molecule has 8 heteroatoms. The van der Waals surface area contributed by atoms with E-state index < -0.39 is 0 Å². The largest absolute Gasteiger partial charge is 0.493 e. The SMILES string of the molecule is CCCNC(N)=NCc1ccc(OCC(=O)NCC)c(OC)c1.I. The van der Waals surface area contributed by atoms with Gasteiger partial charge in [-0.05, 0) is 31.0 Å². The smallest absolute Gasteiger partial charge is 0.257 e. The molecular formula is C16H27IN4O3. The highest BCUT2D eigenvalue weighted by Gasteiger charge is 2.08. The molecule has 1 rings (SSSR count). The van der Waals surface area contributed by atoms with Gasteiger partial charge in [0.05, 0.1) is 13.7 Å². The first kappa shape index (κ1) is 22.3. The summed E-state index contributed by atoms with van der Waals surface area (Å²) >= 11 is 0. The number of rotatable bonds is 9. The van der Waals surface area contributed by atoms with E-state index in [1.54, 1.807) is 13.2 Å². The summed E-state index contributed by atoms with van der Waals surface area (Å²) in [7, 11) is 1.55. The van der Waals surface area contributed by atoms with Gasteiger partial charge in [0.2, 0.25) is 0 Å². The topological polar surface area (TPSA) is 98.0 Å². The number of nitrogens with two attached hydrogens (primary N) is 1. The predicted octanol–water partition coefficient (Wildman–Crippen LogP) is 1.64. The first-order chi connectivity index (χ1) is 11.1. The fourth-order valence-electron chi connectivity index (χ4n) is 1.81. The van der Waals surface area contributed by atoms with Crippen molar-refractivity contribution in [3.05, 3.63) is 23.8 Å². The van der Waals surface area contributed by atoms with Crippen LogP contribution in [-0.4, -0.2) is 38.7 Å². The average molecular weight is 450 g/mol. The second-order valence-corrected chi connectivity index (χ2v) is 4.86. The average Bonchev–Trinajstić information content (AvgIpc) is 2.56. The summed E-state index contributed by atoms with van der Waals surface area (Å²) in [5.41, 5.74) is 6.69. The lowest BCUT2D eigenvalue weighted by molar-refractivity contribution is -0.123. The fourth-order valence-corrected chi connectivity index (χ4v) is 1.81. The van der Waals surface area contributed by atoms with Gasteiger partial charge in [-0.1, -0.05) is 13.0 Å². The quantitative estimate of drug-likeness (QED) is 0.302. The van der Waals surface area contributed by atoms with E-state index in [9.17, 15) is 4.79 Å². The van der Waals surface area contributed by atoms with Crippen LogP contribution in [0.15, 0.2) is 23.2 Å². The Kier molecular flexibility index (Phi) is 11.8. The highest BCUT2D eigenvalue weighted by atomic mass is 127. The zero-order valence-corrected chi connectivity index (χ0v) is 16.8. The van der Waals surface area contributed by atoms with Crippen molar-refractivity contribution in [1.29, 1.82) is 0 Å². The van der Waals surface area contributed by atoms with Gasteiger partial charge in [-0.2, -0.15) is 0 Å². The normalized spacial score (nSPS) is 10.5. The van der Waals surface area contributed by atoms with Gasteiger partial charge < -0.3 is 25.8 Å². The molecule has 0 spiro atoms. The molecule has 0 saturated carbocycles. The number of carbonyl (C=O) groups excluding carboxylic acids is 1. The Balaban J connectivity index is 0.00000529. The standard InChI is InChI=1S/C16H26N4O3.HI/c1-4-8-19-16(17)20-10-12-6-7-13(14(9-12)22-3)23-11-15(21)18-5-2;/h6-7,9H,4-5,8,10-11H2,1-3H3,(H,18,21)(H3,17,19,20);1H. The molecule has 7 nitrogen and oxygen atoms in total. The molecule has 0 aliphatic heterocycles. The summed E-state index contributed by atoms with van der Waals surface area (Å²) in [6, 6.07) is 5.45. The van der Waals surface area contributed by atoms with Crippen molar-refractivity contribution in [3.63, 3.8) is 0 Å². The third kappa shape index (κ3) is 8.23. The minimum absolute atomic E-state index is 0. The summed E-state index contributed by atoms with van der Waals surface area (Å²) in [6.07, 6.45) is 0.988. The second-order valence-electron chi connectivity index (χ2n) is 4.86. The van der Waals surface area contributed by atoms with E-state index in [0.717, 1.165) is 18.5 Å². The predicted molar refractivity (Wildman–Crippen MR) is 106 cm³/mol. The van der Waals surface area contributed by atoms with Crippen LogP contribution in [0.2, 0.25) is 0 Å². The number of carbonyl (C=O) groups is 1. The number of halogens is 1. The fraction of sp³-hybridized carbons (Fsp3) is 0.500. The van der Waals surface area contributed by atoms with Crippen LogP contribution in [0.25, 0.3) is 0 Å². The number of guanidine groups is 1. The van der Waals surface area contributed by atoms with Gasteiger partial charge in [-0.15, -0.1) is 24.0 Å². The van der Waals surface area contributed by atoms with Crippen molar-refractivity contribution >= 4 is 35.8 Å². The number of hydrogen-bond acceptors (Lipinski definition) is 4. The van der Waals surface area contributed by atoms with Crippen LogP contribution >= 0.6 is 24.0 Å². The zero-order chi connectivity index (χ0) is 17.1. The molecule has 136 valence electrons. The number of nitrogens with zero attached hydrogens (tertiary/aromatic N) is 1. The minimum atomic E-state index is -0.169. The van der Waals surface area contributed by atoms with Gasteiger partial charge in [0.25, 0.3) is 5.91 Å². The van der Waals surface area contributed by atoms with Crippen LogP contribution in [0.5, 0.6) is 11.5 Å². The summed E-state index contributed by atoms with van der Waals surface area (Å²) in [4.78, 5) is 15.7. The summed E-state index contributed by atoms with van der Waals surface area (Å²) < 4.78 is 10.8. The van der Waals surface area contributed by atoms with Crippen LogP contribution in [0.1, 0.15) is 25.8 Å². The maximum atomic E-state index is 11.4. The number of amides is 1. The highest BCUT2D eigenvalue weighted by Crippen LogP contribution is 2.28. The third-order valence-electron chi connectivity index (χ3n) is 2.95. The number of ether oxygens (including phenoxy) is 2. The van der Waals surface area contributed by atoms with Gasteiger partial charge in [0.15, 0.2) is 24.1 Å². The molecule has 1 aromatic carbocycles. The van der Waals surface area contributed by atoms with Crippen molar-refractivity contribution in [1.82, 2.24) is 10.6 Å². The molecule has 0 heterocycles. The molecule has 1 aromatic rings. The van der Waals surface area contributed by atoms with Crippen LogP contribution < -0.4 is 25.8 Å². The molecule has 0 radical (unpaired) electrons. The number of nitrogens with one attached hydrogen (secondary N) is 2. The van der Waals surface area contributed by atoms with Gasteiger partial charge in [0.1, 0.15) is 0 Å². The number of benzene rings is 1. The van der Waals surface area contributed by atoms with Crippen molar-refractivity contribution < 1.29 is 14.3 Å². The summed E-state index contributed by atoms with van der Waals surface area (Å²) in [5.74, 6) is 1.33. The first-order valence-corrected chi connectivity index (χ1v) is 7.70. The molecule has 0 saturated heterocycles. The molecule has 0 fully saturated rings. The van der Waals surface area contributed by atoms with E-state index in [0.29, 0.717) is 30.5 Å². The second kappa shape index (κ2) is 12.7. The van der Waals surface area contributed by atoms with Gasteiger partial charge in [0, 0.05) is 13.1 Å². The highest BCUT2D eigenvalue weighted by molar-refractivity contribution is 14.0. The molecule has 4 N–H and O–H groups in total. The Bertz CT molecular complexity index is 538. The van der Waals surface area contributed by atoms with Crippen LogP contribution in [0, 0.1) is 0 Å². The van der Waals surface area contributed by atoms with E-state index in [-0.39, 0.29) is 36.5 Å². The molecule has 0 aliphatic carbocycles. The Hall–Kier alpha value is -1.71. The first-order valence-electron chi connectivity index (χ1n) is 7.70. The van der Waals surface area contributed by atoms with Crippen LogP contribution in [0.4, 0.5) is 0 Å². The number of methoxy groups -OCH3 is 1. The molecule has 24 heavy (non-hydrogen) atoms. The number of aliphatic imine (C=N–C) groups is 1. The van der Waals surface area contributed by atoms with E-state index in [2.05, 4.69) is 22.5 Å². The lowest BCUT2D eigenvalue weighted by Crippen LogP contribution is -2.32. The lowest BCUT2D eigenvalue weighted by atomic mass is 10.2. The van der Waals surface area contributed by atoms with Gasteiger partial charge in [-0.25, -0.2) is 4.99 Å². The summed E-state index contributed by atoms with van der Waals surface area (Å²) in [6.45, 7) is 5.68. The van der Waals surface area contributed by atoms with Crippen molar-refractivity contribution in [2.45, 2.75) is 26.8 Å². The van der Waals surface area contributed by atoms with Crippen molar-refractivity contribution in [2.75, 3.05) is 26.8 Å². The van der Waals surface area contributed by atoms with Gasteiger partial charge in [-0.3, -0.25) is 4.79 Å². The molecule has 0 aromatic heterocycles. The summed E-state index contributed by atoms with van der Waals surface area (Å²) in [5, 5.41) is 5.69. The molecular weight excluding hydrogens is 423 g/mol. The number of likely N-dealkylation sites (N-methyl/N-ethyl adjacent to an activating group) is 1. The van der Waals surface area contributed by atoms with E-state index >= 15 is 0 Å². The van der Waals surface area contributed by atoms with E-state index in [4.69, 9.17) is 15.2 Å². The molecule has 0 unspecified atom stereocenters. The maximum absolute atomic E-state index is 11.4. The third-order valence-corrected chi connectivity index (χ3v) is 2.95.